The van der Waals surface area contributed by atoms with Gasteiger partial charge in [-0.1, -0.05) is 11.6 Å². The van der Waals surface area contributed by atoms with Gasteiger partial charge < -0.3 is 4.90 Å². The van der Waals surface area contributed by atoms with E-state index >= 15 is 0 Å². The molecule has 1 aliphatic rings. The highest BCUT2D eigenvalue weighted by Crippen LogP contribution is 2.26. The predicted molar refractivity (Wildman–Crippen MR) is 93.5 cm³/mol. The van der Waals surface area contributed by atoms with E-state index in [1.54, 1.807) is 24.3 Å². The normalized spacial score (nSPS) is 17.7. The molecule has 5 nitrogen and oxygen atoms in total. The fourth-order valence-electron chi connectivity index (χ4n) is 2.78. The molecule has 1 aliphatic heterocycles. The van der Waals surface area contributed by atoms with Crippen molar-refractivity contribution in [2.75, 3.05) is 18.0 Å². The van der Waals surface area contributed by atoms with Gasteiger partial charge in [0.05, 0.1) is 0 Å². The molecule has 26 heavy (non-hydrogen) atoms. The van der Waals surface area contributed by atoms with Crippen LogP contribution in [0.1, 0.15) is 6.42 Å². The van der Waals surface area contributed by atoms with Crippen molar-refractivity contribution in [1.82, 2.24) is 4.72 Å². The van der Waals surface area contributed by atoms with E-state index in [4.69, 9.17) is 11.6 Å². The summed E-state index contributed by atoms with van der Waals surface area (Å²) in [6.07, 6.45) is 0.150. The van der Waals surface area contributed by atoms with Crippen LogP contribution < -0.4 is 9.62 Å². The molecule has 1 fully saturated rings. The average molecular weight is 401 g/mol. The third kappa shape index (κ3) is 4.03. The van der Waals surface area contributed by atoms with Crippen LogP contribution in [0.3, 0.4) is 0 Å². The third-order valence-corrected chi connectivity index (χ3v) is 5.78. The van der Waals surface area contributed by atoms with Gasteiger partial charge in [0, 0.05) is 30.2 Å². The molecule has 9 heteroatoms. The highest BCUT2D eigenvalue weighted by Gasteiger charge is 2.32. The molecule has 138 valence electrons. The molecule has 0 spiro atoms. The second-order valence-electron chi connectivity index (χ2n) is 5.98. The number of nitrogens with zero attached hydrogens (tertiary/aromatic N) is 1. The molecular formula is C17H15ClF2N2O3S. The zero-order valence-corrected chi connectivity index (χ0v) is 15.0. The monoisotopic (exact) mass is 400 g/mol. The number of hydrogen-bond acceptors (Lipinski definition) is 3. The topological polar surface area (TPSA) is 66.5 Å². The summed E-state index contributed by atoms with van der Waals surface area (Å²) in [6, 6.07) is 8.94. The van der Waals surface area contributed by atoms with E-state index in [9.17, 15) is 22.0 Å². The van der Waals surface area contributed by atoms with Gasteiger partial charge in [-0.3, -0.25) is 4.79 Å². The van der Waals surface area contributed by atoms with Crippen molar-refractivity contribution in [1.29, 1.82) is 0 Å². The summed E-state index contributed by atoms with van der Waals surface area (Å²) in [7, 11) is -4.22. The number of amides is 1. The maximum absolute atomic E-state index is 13.7. The summed E-state index contributed by atoms with van der Waals surface area (Å²) in [5.74, 6) is -2.32. The Kier molecular flexibility index (Phi) is 5.27. The van der Waals surface area contributed by atoms with E-state index in [0.717, 1.165) is 12.1 Å². The van der Waals surface area contributed by atoms with Gasteiger partial charge in [-0.15, -0.1) is 0 Å². The van der Waals surface area contributed by atoms with Crippen LogP contribution >= 0.6 is 11.6 Å². The Morgan fingerprint density at radius 3 is 2.54 bits per heavy atom. The van der Waals surface area contributed by atoms with Crippen LogP contribution in [0.4, 0.5) is 14.5 Å². The van der Waals surface area contributed by atoms with Gasteiger partial charge in [-0.2, -0.15) is 0 Å². The molecule has 1 heterocycles. The fourth-order valence-corrected chi connectivity index (χ4v) is 4.11. The quantitative estimate of drug-likeness (QED) is 0.839. The van der Waals surface area contributed by atoms with E-state index in [1.807, 2.05) is 0 Å². The Morgan fingerprint density at radius 2 is 1.85 bits per heavy atom. The first-order valence-corrected chi connectivity index (χ1v) is 9.63. The van der Waals surface area contributed by atoms with Gasteiger partial charge in [-0.25, -0.2) is 21.9 Å². The van der Waals surface area contributed by atoms with Crippen LogP contribution in [-0.2, 0) is 14.8 Å². The van der Waals surface area contributed by atoms with E-state index in [1.165, 1.54) is 4.90 Å². The Bertz CT molecular complexity index is 936. The first-order chi connectivity index (χ1) is 12.3. The number of carbonyl (C=O) groups is 1. The van der Waals surface area contributed by atoms with Crippen molar-refractivity contribution in [3.8, 4) is 0 Å². The van der Waals surface area contributed by atoms with E-state index in [2.05, 4.69) is 4.72 Å². The molecule has 2 aromatic rings. The van der Waals surface area contributed by atoms with Crippen molar-refractivity contribution in [2.45, 2.75) is 11.3 Å². The fraction of sp³-hybridized carbons (Fsp3) is 0.235. The van der Waals surface area contributed by atoms with Gasteiger partial charge in [0.15, 0.2) is 0 Å². The van der Waals surface area contributed by atoms with Gasteiger partial charge in [0.1, 0.15) is 16.5 Å². The average Bonchev–Trinajstić information content (AvgIpc) is 2.97. The van der Waals surface area contributed by atoms with Crippen molar-refractivity contribution in [3.63, 3.8) is 0 Å². The van der Waals surface area contributed by atoms with Crippen LogP contribution in [0.2, 0.25) is 5.02 Å². The number of halogens is 3. The zero-order valence-electron chi connectivity index (χ0n) is 13.5. The van der Waals surface area contributed by atoms with Gasteiger partial charge in [-0.05, 0) is 48.4 Å². The predicted octanol–water partition coefficient (Wildman–Crippen LogP) is 2.95. The zero-order chi connectivity index (χ0) is 18.9. The summed E-state index contributed by atoms with van der Waals surface area (Å²) in [6.45, 7) is 0.253. The van der Waals surface area contributed by atoms with E-state index in [-0.39, 0.29) is 24.8 Å². The molecule has 1 N–H and O–H groups in total. The third-order valence-electron chi connectivity index (χ3n) is 4.09. The number of anilines is 1. The maximum Gasteiger partial charge on any atom is 0.243 e. The van der Waals surface area contributed by atoms with Crippen molar-refractivity contribution < 1.29 is 22.0 Å². The molecule has 0 aliphatic carbocycles. The van der Waals surface area contributed by atoms with Crippen LogP contribution in [0.15, 0.2) is 47.4 Å². The molecule has 0 radical (unpaired) electrons. The first kappa shape index (κ1) is 18.8. The molecule has 0 saturated carbocycles. The standard InChI is InChI=1S/C17H15ClF2N2O3S/c18-12-1-4-14(5-2-12)22-10-11(7-17(22)23)9-21-26(24,25)16-8-13(19)3-6-15(16)20/h1-6,8,11,21H,7,9-10H2. The van der Waals surface area contributed by atoms with Crippen LogP contribution in [0.5, 0.6) is 0 Å². The molecular weight excluding hydrogens is 386 g/mol. The minimum atomic E-state index is -4.22. The minimum Gasteiger partial charge on any atom is -0.312 e. The lowest BCUT2D eigenvalue weighted by Gasteiger charge is -2.17. The summed E-state index contributed by atoms with van der Waals surface area (Å²) < 4.78 is 53.6. The van der Waals surface area contributed by atoms with Crippen molar-refractivity contribution >= 4 is 33.2 Å². The minimum absolute atomic E-state index is 0.0614. The highest BCUT2D eigenvalue weighted by atomic mass is 35.5. The lowest BCUT2D eigenvalue weighted by Crippen LogP contribution is -2.31. The summed E-state index contributed by atoms with van der Waals surface area (Å²) in [5, 5.41) is 0.543. The number of benzene rings is 2. The van der Waals surface area contributed by atoms with Crippen LogP contribution in [-0.4, -0.2) is 27.4 Å². The van der Waals surface area contributed by atoms with E-state index in [0.29, 0.717) is 23.3 Å². The molecule has 1 atom stereocenters. The Labute approximate surface area is 154 Å². The van der Waals surface area contributed by atoms with Gasteiger partial charge in [0.25, 0.3) is 0 Å². The smallest absolute Gasteiger partial charge is 0.243 e. The van der Waals surface area contributed by atoms with Crippen LogP contribution in [0, 0.1) is 17.6 Å². The molecule has 2 aromatic carbocycles. The second kappa shape index (κ2) is 7.30. The van der Waals surface area contributed by atoms with Crippen LogP contribution in [0.25, 0.3) is 0 Å². The molecule has 0 bridgehead atoms. The number of carbonyl (C=O) groups excluding carboxylic acids is 1. The molecule has 1 unspecified atom stereocenters. The lowest BCUT2D eigenvalue weighted by molar-refractivity contribution is -0.117. The Balaban J connectivity index is 1.68. The molecule has 1 saturated heterocycles. The maximum atomic E-state index is 13.7. The largest absolute Gasteiger partial charge is 0.312 e. The lowest BCUT2D eigenvalue weighted by atomic mass is 10.1. The van der Waals surface area contributed by atoms with Gasteiger partial charge >= 0.3 is 0 Å². The van der Waals surface area contributed by atoms with Crippen molar-refractivity contribution in [3.05, 3.63) is 59.1 Å². The summed E-state index contributed by atoms with van der Waals surface area (Å²) in [5.41, 5.74) is 0.668. The number of sulfonamides is 1. The summed E-state index contributed by atoms with van der Waals surface area (Å²) >= 11 is 5.83. The second-order valence-corrected chi connectivity index (χ2v) is 8.15. The first-order valence-electron chi connectivity index (χ1n) is 7.77. The van der Waals surface area contributed by atoms with Crippen molar-refractivity contribution in [2.24, 2.45) is 5.92 Å². The summed E-state index contributed by atoms with van der Waals surface area (Å²) in [4.78, 5) is 13.0. The van der Waals surface area contributed by atoms with Gasteiger partial charge in [0.2, 0.25) is 15.9 Å². The highest BCUT2D eigenvalue weighted by molar-refractivity contribution is 7.89. The Hall–Kier alpha value is -2.03. The number of hydrogen-bond donors (Lipinski definition) is 1. The SMILES string of the molecule is O=C1CC(CNS(=O)(=O)c2cc(F)ccc2F)CN1c1ccc(Cl)cc1. The molecule has 1 amide bonds. The van der Waals surface area contributed by atoms with E-state index < -0.39 is 26.6 Å². The molecule has 0 aromatic heterocycles. The Morgan fingerprint density at radius 1 is 1.15 bits per heavy atom. The number of rotatable bonds is 5. The number of nitrogens with one attached hydrogen (secondary N) is 1. The molecule has 3 rings (SSSR count).